The average Bonchev–Trinajstić information content (AvgIpc) is 3.93. The molecule has 1 saturated heterocycles. The summed E-state index contributed by atoms with van der Waals surface area (Å²) in [6.07, 6.45) is 2.32. The van der Waals surface area contributed by atoms with Crippen molar-refractivity contribution >= 4 is 59.3 Å². The fraction of sp³-hybridized carbons (Fsp3) is 0.633. The first-order chi connectivity index (χ1) is 38.1. The predicted octanol–water partition coefficient (Wildman–Crippen LogP) is -0.371. The van der Waals surface area contributed by atoms with Gasteiger partial charge in [0, 0.05) is 89.6 Å². The van der Waals surface area contributed by atoms with Gasteiger partial charge in [0.1, 0.15) is 12.6 Å². The average molecular weight is 1140 g/mol. The van der Waals surface area contributed by atoms with E-state index in [1.54, 1.807) is 0 Å². The standard InChI is InChI=1S/C49H69F4N7O19/c50-34-33-35(51)46(53)47(45(34)52)79-44(68)11-19-72-24-27-76-29-30-77-28-26-74-22-15-56-48(69)36(58-39(63)10-18-71-23-25-73-20-13-54-37(61)8-16-59-40(64)4-5-41(59)65)3-1-2-12-57-49(70)78-32-31-75-21-14-55-38(62)9-17-60-42(66)6-7-43(60)67/h6-7,33,36H,1-5,8-32H2,(H,54,61)(H,55,62)(H,56,69)(H,57,70)(H,58,63). The van der Waals surface area contributed by atoms with Gasteiger partial charge in [-0.25, -0.2) is 13.6 Å². The SMILES string of the molecule is O=C(CCN1C(=O)C=CC1=O)NCCOCCOC(=O)NCCCCC(NC(=O)CCOCCOCCNC(=O)CCN1C(=O)CCC1=O)C(=O)NCCOCCOCCOCCOCCC(=O)Oc1c(F)c(F)cc(F)c1F. The Morgan fingerprint density at radius 2 is 0.949 bits per heavy atom. The van der Waals surface area contributed by atoms with E-state index in [4.69, 9.17) is 37.9 Å². The number of carbonyl (C=O) groups excluding carboxylic acids is 10. The summed E-state index contributed by atoms with van der Waals surface area (Å²) in [6.45, 7) is 2.04. The maximum atomic E-state index is 13.7. The number of halogens is 4. The number of unbranched alkanes of at least 4 members (excludes halogenated alkanes) is 1. The van der Waals surface area contributed by atoms with Crippen LogP contribution in [0.1, 0.15) is 57.8 Å². The van der Waals surface area contributed by atoms with Crippen LogP contribution in [0.2, 0.25) is 0 Å². The number of benzene rings is 1. The number of nitrogens with zero attached hydrogens (tertiary/aromatic N) is 2. The number of alkyl carbamates (subject to hydrolysis) is 1. The summed E-state index contributed by atoms with van der Waals surface area (Å²) in [5.74, 6) is -12.9. The fourth-order valence-electron chi connectivity index (χ4n) is 6.78. The first-order valence-electron chi connectivity index (χ1n) is 25.5. The highest BCUT2D eigenvalue weighted by atomic mass is 19.2. The minimum atomic E-state index is -1.84. The number of imide groups is 2. The molecule has 30 heteroatoms. The molecule has 3 rings (SSSR count). The van der Waals surface area contributed by atoms with Gasteiger partial charge in [-0.05, 0) is 19.3 Å². The summed E-state index contributed by atoms with van der Waals surface area (Å²) >= 11 is 0. The smallest absolute Gasteiger partial charge is 0.407 e. The van der Waals surface area contributed by atoms with Gasteiger partial charge in [0.15, 0.2) is 11.6 Å². The molecule has 0 aromatic heterocycles. The maximum absolute atomic E-state index is 13.7. The second-order valence-electron chi connectivity index (χ2n) is 16.8. The van der Waals surface area contributed by atoms with Gasteiger partial charge >= 0.3 is 12.1 Å². The van der Waals surface area contributed by atoms with E-state index in [1.165, 1.54) is 0 Å². The van der Waals surface area contributed by atoms with Crippen LogP contribution in [0.25, 0.3) is 0 Å². The fourth-order valence-corrected chi connectivity index (χ4v) is 6.78. The predicted molar refractivity (Wildman–Crippen MR) is 262 cm³/mol. The topological polar surface area (TPSA) is 320 Å². The second kappa shape index (κ2) is 39.6. The molecule has 1 atom stereocenters. The summed E-state index contributed by atoms with van der Waals surface area (Å²) in [4.78, 5) is 123. The molecule has 1 aromatic rings. The van der Waals surface area contributed by atoms with E-state index in [-0.39, 0.29) is 207 Å². The Kier molecular flexibility index (Phi) is 33.4. The molecule has 0 saturated carbocycles. The minimum absolute atomic E-state index is 0.0127. The quantitative estimate of drug-likeness (QED) is 0.0139. The molecular weight excluding hydrogens is 1070 g/mol. The highest BCUT2D eigenvalue weighted by molar-refractivity contribution is 6.13. The van der Waals surface area contributed by atoms with Gasteiger partial charge in [0.05, 0.1) is 98.9 Å². The van der Waals surface area contributed by atoms with Gasteiger partial charge in [-0.2, -0.15) is 8.78 Å². The van der Waals surface area contributed by atoms with E-state index in [0.717, 1.165) is 22.0 Å². The second-order valence-corrected chi connectivity index (χ2v) is 16.8. The molecule has 1 fully saturated rings. The van der Waals surface area contributed by atoms with Crippen LogP contribution in [0.15, 0.2) is 18.2 Å². The monoisotopic (exact) mass is 1140 g/mol. The first kappa shape index (κ1) is 66.6. The van der Waals surface area contributed by atoms with Crippen LogP contribution in [-0.4, -0.2) is 214 Å². The molecule has 0 aliphatic carbocycles. The van der Waals surface area contributed by atoms with E-state index in [9.17, 15) is 65.5 Å². The number of hydrogen-bond acceptors (Lipinski definition) is 19. The molecule has 5 N–H and O–H groups in total. The molecule has 442 valence electrons. The zero-order chi connectivity index (χ0) is 57.6. The minimum Gasteiger partial charge on any atom is -0.447 e. The normalized spacial score (nSPS) is 13.5. The van der Waals surface area contributed by atoms with Gasteiger partial charge in [0.25, 0.3) is 11.8 Å². The van der Waals surface area contributed by atoms with E-state index < -0.39 is 77.2 Å². The lowest BCUT2D eigenvalue weighted by Gasteiger charge is -2.19. The zero-order valence-electron chi connectivity index (χ0n) is 43.7. The Morgan fingerprint density at radius 1 is 0.494 bits per heavy atom. The molecule has 79 heavy (non-hydrogen) atoms. The number of likely N-dealkylation sites (tertiary alicyclic amines) is 1. The van der Waals surface area contributed by atoms with Crippen LogP contribution in [-0.2, 0) is 81.0 Å². The summed E-state index contributed by atoms with van der Waals surface area (Å²) in [5.41, 5.74) is 0. The van der Waals surface area contributed by atoms with Crippen molar-refractivity contribution in [2.45, 2.75) is 63.8 Å². The summed E-state index contributed by atoms with van der Waals surface area (Å²) in [5, 5.41) is 13.3. The Balaban J connectivity index is 1.24. The van der Waals surface area contributed by atoms with Crippen molar-refractivity contribution in [3.05, 3.63) is 41.5 Å². The van der Waals surface area contributed by atoms with Crippen molar-refractivity contribution in [2.24, 2.45) is 0 Å². The first-order valence-corrected chi connectivity index (χ1v) is 25.5. The number of amides is 9. The Bertz CT molecular complexity index is 2140. The zero-order valence-corrected chi connectivity index (χ0v) is 43.7. The number of hydrogen-bond donors (Lipinski definition) is 5. The molecule has 1 unspecified atom stereocenters. The van der Waals surface area contributed by atoms with Gasteiger partial charge < -0.3 is 69.2 Å². The lowest BCUT2D eigenvalue weighted by atomic mass is 10.1. The summed E-state index contributed by atoms with van der Waals surface area (Å²) < 4.78 is 101. The number of nitrogens with one attached hydrogen (secondary N) is 5. The van der Waals surface area contributed by atoms with Gasteiger partial charge in [-0.1, -0.05) is 0 Å². The number of esters is 1. The van der Waals surface area contributed by atoms with Crippen LogP contribution >= 0.6 is 0 Å². The third-order valence-corrected chi connectivity index (χ3v) is 10.9. The van der Waals surface area contributed by atoms with Gasteiger partial charge in [-0.3, -0.25) is 53.0 Å². The number of ether oxygens (including phenoxy) is 9. The molecule has 26 nitrogen and oxygen atoms in total. The van der Waals surface area contributed by atoms with Gasteiger partial charge in [-0.15, -0.1) is 0 Å². The Morgan fingerprint density at radius 3 is 1.48 bits per heavy atom. The maximum Gasteiger partial charge on any atom is 0.407 e. The Hall–Kier alpha value is -6.70. The third-order valence-electron chi connectivity index (χ3n) is 10.9. The molecule has 2 aliphatic heterocycles. The van der Waals surface area contributed by atoms with Crippen molar-refractivity contribution in [3.8, 4) is 5.75 Å². The number of carbonyl (C=O) groups is 10. The van der Waals surface area contributed by atoms with Crippen LogP contribution in [0.5, 0.6) is 5.75 Å². The van der Waals surface area contributed by atoms with Crippen LogP contribution in [0, 0.1) is 23.3 Å². The highest BCUT2D eigenvalue weighted by Gasteiger charge is 2.29. The molecule has 9 amide bonds. The third kappa shape index (κ3) is 28.7. The lowest BCUT2D eigenvalue weighted by molar-refractivity contribution is -0.140. The molecule has 2 heterocycles. The van der Waals surface area contributed by atoms with Crippen molar-refractivity contribution < 1.29 is 108 Å². The van der Waals surface area contributed by atoms with Crippen LogP contribution in [0.3, 0.4) is 0 Å². The van der Waals surface area contributed by atoms with E-state index in [1.807, 2.05) is 0 Å². The molecular formula is C49H69F4N7O19. The van der Waals surface area contributed by atoms with E-state index >= 15 is 0 Å². The molecule has 0 radical (unpaired) electrons. The number of rotatable bonds is 44. The van der Waals surface area contributed by atoms with E-state index in [0.29, 0.717) is 12.8 Å². The molecule has 1 aromatic carbocycles. The largest absolute Gasteiger partial charge is 0.447 e. The van der Waals surface area contributed by atoms with Crippen molar-refractivity contribution in [2.75, 3.05) is 138 Å². The molecule has 2 aliphatic rings. The van der Waals surface area contributed by atoms with Crippen molar-refractivity contribution in [1.82, 2.24) is 36.4 Å². The van der Waals surface area contributed by atoms with Crippen molar-refractivity contribution in [3.63, 3.8) is 0 Å². The highest BCUT2D eigenvalue weighted by Crippen LogP contribution is 2.26. The summed E-state index contributed by atoms with van der Waals surface area (Å²) in [7, 11) is 0. The van der Waals surface area contributed by atoms with E-state index in [2.05, 4.69) is 31.3 Å². The van der Waals surface area contributed by atoms with Crippen LogP contribution < -0.4 is 31.3 Å². The Labute approximate surface area is 452 Å². The van der Waals surface area contributed by atoms with Gasteiger partial charge in [0.2, 0.25) is 52.8 Å². The van der Waals surface area contributed by atoms with Crippen LogP contribution in [0.4, 0.5) is 22.4 Å². The molecule has 0 bridgehead atoms. The van der Waals surface area contributed by atoms with Crippen molar-refractivity contribution in [1.29, 1.82) is 0 Å². The lowest BCUT2D eigenvalue weighted by Crippen LogP contribution is -2.47. The summed E-state index contributed by atoms with van der Waals surface area (Å²) in [6, 6.07) is -0.950. The molecule has 0 spiro atoms.